The number of aromatic nitrogens is 1. The summed E-state index contributed by atoms with van der Waals surface area (Å²) in [6.45, 7) is 4.06. The number of nitrogens with zero attached hydrogens (tertiary/aromatic N) is 3. The van der Waals surface area contributed by atoms with Gasteiger partial charge in [0.1, 0.15) is 5.82 Å². The van der Waals surface area contributed by atoms with Crippen LogP contribution in [0.2, 0.25) is 0 Å². The highest BCUT2D eigenvalue weighted by Gasteiger charge is 2.22. The summed E-state index contributed by atoms with van der Waals surface area (Å²) in [4.78, 5) is 19.4. The zero-order chi connectivity index (χ0) is 15.4. The van der Waals surface area contributed by atoms with Crippen molar-refractivity contribution >= 4 is 23.2 Å². The first-order valence-corrected chi connectivity index (χ1v) is 7.12. The Balaban J connectivity index is 2.06. The molecule has 0 bridgehead atoms. The summed E-state index contributed by atoms with van der Waals surface area (Å²) in [7, 11) is 1.89. The van der Waals surface area contributed by atoms with Crippen LogP contribution in [0.4, 0.5) is 17.3 Å². The average molecular weight is 293 g/mol. The fourth-order valence-electron chi connectivity index (χ4n) is 2.39. The maximum Gasteiger partial charge on any atom is 0.216 e. The molecule has 4 N–H and O–H groups in total. The number of β-amino-alcohol motifs (C(OH)–C–C–N with tert-alkyl or cyclic N) is 1. The van der Waals surface area contributed by atoms with Gasteiger partial charge in [0, 0.05) is 40.2 Å². The van der Waals surface area contributed by atoms with Crippen LogP contribution < -0.4 is 20.9 Å². The summed E-state index contributed by atoms with van der Waals surface area (Å²) in [5, 5.41) is 12.4. The molecule has 1 aromatic rings. The van der Waals surface area contributed by atoms with Gasteiger partial charge in [0.2, 0.25) is 5.91 Å². The summed E-state index contributed by atoms with van der Waals surface area (Å²) in [6, 6.07) is 3.70. The van der Waals surface area contributed by atoms with Crippen LogP contribution in [-0.2, 0) is 4.79 Å². The Kier molecular flexibility index (Phi) is 4.85. The van der Waals surface area contributed by atoms with Gasteiger partial charge in [-0.1, -0.05) is 0 Å². The second kappa shape index (κ2) is 6.62. The molecule has 1 saturated heterocycles. The van der Waals surface area contributed by atoms with Crippen LogP contribution in [0.25, 0.3) is 0 Å². The fraction of sp³-hybridized carbons (Fsp3) is 0.571. The van der Waals surface area contributed by atoms with Gasteiger partial charge >= 0.3 is 0 Å². The SMILES string of the molecule is CC(=O)NCCN(C)c1nc(N2CCC(O)C2)ccc1N. The molecule has 116 valence electrons. The van der Waals surface area contributed by atoms with Crippen molar-refractivity contribution < 1.29 is 9.90 Å². The second-order valence-corrected chi connectivity index (χ2v) is 5.38. The molecule has 0 saturated carbocycles. The first kappa shape index (κ1) is 15.4. The molecule has 1 atom stereocenters. The van der Waals surface area contributed by atoms with E-state index in [2.05, 4.69) is 15.2 Å². The van der Waals surface area contributed by atoms with Crippen LogP contribution >= 0.6 is 0 Å². The van der Waals surface area contributed by atoms with Crippen molar-refractivity contribution in [3.8, 4) is 0 Å². The van der Waals surface area contributed by atoms with Gasteiger partial charge in [-0.2, -0.15) is 0 Å². The summed E-state index contributed by atoms with van der Waals surface area (Å²) in [5.41, 5.74) is 6.59. The molecule has 0 spiro atoms. The van der Waals surface area contributed by atoms with Crippen molar-refractivity contribution in [1.82, 2.24) is 10.3 Å². The van der Waals surface area contributed by atoms with E-state index in [4.69, 9.17) is 5.73 Å². The lowest BCUT2D eigenvalue weighted by molar-refractivity contribution is -0.118. The van der Waals surface area contributed by atoms with Crippen LogP contribution in [-0.4, -0.2) is 55.3 Å². The number of aliphatic hydroxyl groups is 1. The molecule has 2 heterocycles. The minimum absolute atomic E-state index is 0.0517. The van der Waals surface area contributed by atoms with Crippen LogP contribution in [0.3, 0.4) is 0 Å². The van der Waals surface area contributed by atoms with E-state index in [1.165, 1.54) is 6.92 Å². The molecule has 1 aliphatic rings. The molecule has 1 unspecified atom stereocenters. The minimum Gasteiger partial charge on any atom is -0.396 e. The molecule has 21 heavy (non-hydrogen) atoms. The number of likely N-dealkylation sites (N-methyl/N-ethyl adjacent to an activating group) is 1. The van der Waals surface area contributed by atoms with Gasteiger partial charge < -0.3 is 26.0 Å². The first-order chi connectivity index (χ1) is 9.97. The van der Waals surface area contributed by atoms with Gasteiger partial charge in [0.15, 0.2) is 5.82 Å². The highest BCUT2D eigenvalue weighted by Crippen LogP contribution is 2.25. The van der Waals surface area contributed by atoms with Gasteiger partial charge in [-0.15, -0.1) is 0 Å². The van der Waals surface area contributed by atoms with E-state index in [1.54, 1.807) is 0 Å². The average Bonchev–Trinajstić information content (AvgIpc) is 2.85. The lowest BCUT2D eigenvalue weighted by atomic mass is 10.3. The van der Waals surface area contributed by atoms with Crippen LogP contribution in [0.15, 0.2) is 12.1 Å². The van der Waals surface area contributed by atoms with E-state index < -0.39 is 0 Å². The van der Waals surface area contributed by atoms with E-state index in [0.717, 1.165) is 18.8 Å². The molecule has 7 heteroatoms. The number of pyridine rings is 1. The normalized spacial score (nSPS) is 17.9. The molecule has 0 aliphatic carbocycles. The standard InChI is InChI=1S/C14H23N5O2/c1-10(20)16-6-8-18(2)14-12(15)3-4-13(17-14)19-7-5-11(21)9-19/h3-4,11,21H,5-9,15H2,1-2H3,(H,16,20). The monoisotopic (exact) mass is 293 g/mol. The Morgan fingerprint density at radius 2 is 2.38 bits per heavy atom. The summed E-state index contributed by atoms with van der Waals surface area (Å²) >= 11 is 0. The lowest BCUT2D eigenvalue weighted by Gasteiger charge is -2.23. The Labute approximate surface area is 124 Å². The largest absolute Gasteiger partial charge is 0.396 e. The zero-order valence-corrected chi connectivity index (χ0v) is 12.5. The summed E-state index contributed by atoms with van der Waals surface area (Å²) in [6.07, 6.45) is 0.477. The van der Waals surface area contributed by atoms with Crippen LogP contribution in [0.1, 0.15) is 13.3 Å². The van der Waals surface area contributed by atoms with E-state index in [1.807, 2.05) is 24.1 Å². The number of nitrogens with one attached hydrogen (secondary N) is 1. The molecule has 1 amide bonds. The minimum atomic E-state index is -0.287. The summed E-state index contributed by atoms with van der Waals surface area (Å²) < 4.78 is 0. The molecular weight excluding hydrogens is 270 g/mol. The molecule has 2 rings (SSSR count). The van der Waals surface area contributed by atoms with E-state index in [-0.39, 0.29) is 12.0 Å². The molecular formula is C14H23N5O2. The third-order valence-electron chi connectivity index (χ3n) is 3.56. The third kappa shape index (κ3) is 3.98. The predicted molar refractivity (Wildman–Crippen MR) is 83.4 cm³/mol. The second-order valence-electron chi connectivity index (χ2n) is 5.38. The number of hydrogen-bond acceptors (Lipinski definition) is 6. The van der Waals surface area contributed by atoms with Gasteiger partial charge in [-0.3, -0.25) is 4.79 Å². The quantitative estimate of drug-likeness (QED) is 0.696. The number of nitrogens with two attached hydrogens (primary N) is 1. The number of carbonyl (C=O) groups is 1. The van der Waals surface area contributed by atoms with E-state index in [0.29, 0.717) is 31.1 Å². The topological polar surface area (TPSA) is 94.7 Å². The summed E-state index contributed by atoms with van der Waals surface area (Å²) in [5.74, 6) is 1.46. The van der Waals surface area contributed by atoms with Gasteiger partial charge in [0.05, 0.1) is 11.8 Å². The van der Waals surface area contributed by atoms with Crippen LogP contribution in [0, 0.1) is 0 Å². The highest BCUT2D eigenvalue weighted by molar-refractivity contribution is 5.73. The molecule has 7 nitrogen and oxygen atoms in total. The number of carbonyl (C=O) groups excluding carboxylic acids is 1. The molecule has 1 aliphatic heterocycles. The molecule has 1 aromatic heterocycles. The van der Waals surface area contributed by atoms with Crippen molar-refractivity contribution in [1.29, 1.82) is 0 Å². The maximum absolute atomic E-state index is 10.9. The van der Waals surface area contributed by atoms with Gasteiger partial charge in [0.25, 0.3) is 0 Å². The Hall–Kier alpha value is -2.02. The molecule has 1 fully saturated rings. The van der Waals surface area contributed by atoms with Crippen molar-refractivity contribution in [3.63, 3.8) is 0 Å². The molecule has 0 aromatic carbocycles. The van der Waals surface area contributed by atoms with Gasteiger partial charge in [-0.05, 0) is 18.6 Å². The predicted octanol–water partition coefficient (Wildman–Crippen LogP) is -0.193. The van der Waals surface area contributed by atoms with Crippen LogP contribution in [0.5, 0.6) is 0 Å². The van der Waals surface area contributed by atoms with E-state index >= 15 is 0 Å². The number of anilines is 3. The Bertz CT molecular complexity index is 508. The van der Waals surface area contributed by atoms with Crippen molar-refractivity contribution in [2.45, 2.75) is 19.4 Å². The number of amides is 1. The van der Waals surface area contributed by atoms with Crippen molar-refractivity contribution in [2.75, 3.05) is 48.8 Å². The smallest absolute Gasteiger partial charge is 0.216 e. The van der Waals surface area contributed by atoms with Crippen molar-refractivity contribution in [3.05, 3.63) is 12.1 Å². The Morgan fingerprint density at radius 3 is 3.00 bits per heavy atom. The fourth-order valence-corrected chi connectivity index (χ4v) is 2.39. The number of aliphatic hydroxyl groups excluding tert-OH is 1. The number of hydrogen-bond donors (Lipinski definition) is 3. The lowest BCUT2D eigenvalue weighted by Crippen LogP contribution is -2.32. The maximum atomic E-state index is 10.9. The third-order valence-corrected chi connectivity index (χ3v) is 3.56. The molecule has 0 radical (unpaired) electrons. The van der Waals surface area contributed by atoms with Crippen molar-refractivity contribution in [2.24, 2.45) is 0 Å². The number of nitrogen functional groups attached to an aromatic ring is 1. The van der Waals surface area contributed by atoms with Gasteiger partial charge in [-0.25, -0.2) is 4.98 Å². The Morgan fingerprint density at radius 1 is 1.62 bits per heavy atom. The number of rotatable bonds is 5. The highest BCUT2D eigenvalue weighted by atomic mass is 16.3. The van der Waals surface area contributed by atoms with E-state index in [9.17, 15) is 9.90 Å². The first-order valence-electron chi connectivity index (χ1n) is 7.12. The zero-order valence-electron chi connectivity index (χ0n) is 12.5.